The summed E-state index contributed by atoms with van der Waals surface area (Å²) in [6.45, 7) is 0.454. The molecule has 7 nitrogen and oxygen atoms in total. The topological polar surface area (TPSA) is 84.0 Å². The second kappa shape index (κ2) is 8.99. The van der Waals surface area contributed by atoms with Gasteiger partial charge in [0.1, 0.15) is 23.7 Å². The van der Waals surface area contributed by atoms with E-state index in [4.69, 9.17) is 4.74 Å². The number of likely N-dealkylation sites (tertiary alicyclic amines) is 1. The second-order valence-electron chi connectivity index (χ2n) is 8.81. The van der Waals surface area contributed by atoms with Gasteiger partial charge in [-0.05, 0) is 50.5 Å². The van der Waals surface area contributed by atoms with Crippen LogP contribution in [0.5, 0.6) is 0 Å². The number of hydrogen-bond acceptors (Lipinski definition) is 5. The number of rotatable bonds is 4. The van der Waals surface area contributed by atoms with Crippen LogP contribution in [0.1, 0.15) is 37.8 Å². The summed E-state index contributed by atoms with van der Waals surface area (Å²) in [5, 5.41) is 0.523. The average molecular weight is 459 g/mol. The Labute approximate surface area is 188 Å². The predicted octanol–water partition coefficient (Wildman–Crippen LogP) is 4.58. The lowest BCUT2D eigenvalue weighted by Gasteiger charge is -2.30. The third-order valence-electron chi connectivity index (χ3n) is 6.43. The molecule has 5 rings (SSSR count). The van der Waals surface area contributed by atoms with E-state index >= 15 is 0 Å². The molecule has 33 heavy (non-hydrogen) atoms. The smallest absolute Gasteiger partial charge is 0.410 e. The van der Waals surface area contributed by atoms with Gasteiger partial charge in [-0.3, -0.25) is 0 Å². The first kappa shape index (κ1) is 21.7. The molecule has 0 aromatic carbocycles. The Balaban J connectivity index is 1.29. The lowest BCUT2D eigenvalue weighted by molar-refractivity contribution is 0.0371. The minimum absolute atomic E-state index is 0.0805. The van der Waals surface area contributed by atoms with Gasteiger partial charge in [0, 0.05) is 23.7 Å². The van der Waals surface area contributed by atoms with Crippen molar-refractivity contribution < 1.29 is 22.7 Å². The highest BCUT2D eigenvalue weighted by atomic mass is 19.1. The summed E-state index contributed by atoms with van der Waals surface area (Å²) in [4.78, 5) is 29.2. The van der Waals surface area contributed by atoms with Crippen LogP contribution in [0.15, 0.2) is 24.7 Å². The van der Waals surface area contributed by atoms with Crippen molar-refractivity contribution in [3.8, 4) is 11.4 Å². The Bertz CT molecular complexity index is 1170. The normalized spacial score (nSPS) is 23.2. The zero-order valence-corrected chi connectivity index (χ0v) is 17.9. The highest BCUT2D eigenvalue weighted by Crippen LogP contribution is 2.31. The molecular weight excluding hydrogens is 435 g/mol. The molecule has 2 fully saturated rings. The largest absolute Gasteiger partial charge is 0.446 e. The Morgan fingerprint density at radius 1 is 1.21 bits per heavy atom. The van der Waals surface area contributed by atoms with Gasteiger partial charge in [0.05, 0.1) is 24.6 Å². The molecule has 1 N–H and O–H groups in total. The summed E-state index contributed by atoms with van der Waals surface area (Å²) in [6.07, 6.45) is 5.90. The van der Waals surface area contributed by atoms with Crippen LogP contribution < -0.4 is 0 Å². The first-order valence-corrected chi connectivity index (χ1v) is 11.2. The van der Waals surface area contributed by atoms with Crippen molar-refractivity contribution in [2.24, 2.45) is 5.92 Å². The summed E-state index contributed by atoms with van der Waals surface area (Å²) in [6, 6.07) is 1.34. The number of aromatic amines is 1. The maximum atomic E-state index is 14.6. The van der Waals surface area contributed by atoms with Gasteiger partial charge < -0.3 is 14.6 Å². The number of hydrogen-bond donors (Lipinski definition) is 1. The molecule has 174 valence electrons. The number of H-pyrrole nitrogens is 1. The molecule has 3 atom stereocenters. The van der Waals surface area contributed by atoms with Gasteiger partial charge in [-0.2, -0.15) is 0 Å². The van der Waals surface area contributed by atoms with Gasteiger partial charge in [-0.1, -0.05) is 0 Å². The molecule has 2 aliphatic rings. The molecule has 10 heteroatoms. The van der Waals surface area contributed by atoms with E-state index in [0.717, 1.165) is 31.7 Å². The number of aromatic nitrogens is 4. The first-order chi connectivity index (χ1) is 16.0. The molecule has 4 heterocycles. The van der Waals surface area contributed by atoms with Crippen LogP contribution in [-0.2, 0) is 11.2 Å². The van der Waals surface area contributed by atoms with E-state index in [1.807, 2.05) is 0 Å². The van der Waals surface area contributed by atoms with E-state index in [0.29, 0.717) is 48.2 Å². The van der Waals surface area contributed by atoms with Crippen molar-refractivity contribution in [3.63, 3.8) is 0 Å². The van der Waals surface area contributed by atoms with Crippen LogP contribution in [0.25, 0.3) is 22.4 Å². The summed E-state index contributed by atoms with van der Waals surface area (Å²) in [7, 11) is 0. The zero-order valence-electron chi connectivity index (χ0n) is 17.9. The second-order valence-corrected chi connectivity index (χ2v) is 8.81. The van der Waals surface area contributed by atoms with Crippen LogP contribution in [0.4, 0.5) is 18.0 Å². The number of fused-ring (bicyclic) bond motifs is 1. The van der Waals surface area contributed by atoms with Crippen molar-refractivity contribution in [1.29, 1.82) is 0 Å². The fourth-order valence-corrected chi connectivity index (χ4v) is 4.75. The van der Waals surface area contributed by atoms with Crippen molar-refractivity contribution in [1.82, 2.24) is 24.8 Å². The average Bonchev–Trinajstić information content (AvgIpc) is 3.42. The van der Waals surface area contributed by atoms with E-state index in [1.54, 1.807) is 6.20 Å². The predicted molar refractivity (Wildman–Crippen MR) is 114 cm³/mol. The molecule has 0 spiro atoms. The molecule has 1 amide bonds. The quantitative estimate of drug-likeness (QED) is 0.618. The van der Waals surface area contributed by atoms with Gasteiger partial charge >= 0.3 is 6.09 Å². The molecule has 1 saturated carbocycles. The van der Waals surface area contributed by atoms with Gasteiger partial charge in [-0.25, -0.2) is 32.9 Å². The Kier molecular flexibility index (Phi) is 5.90. The fraction of sp³-hybridized carbons (Fsp3) is 0.478. The Hall–Kier alpha value is -3.17. The minimum atomic E-state index is -0.990. The molecule has 0 radical (unpaired) electrons. The van der Waals surface area contributed by atoms with E-state index in [1.165, 1.54) is 11.0 Å². The van der Waals surface area contributed by atoms with E-state index in [2.05, 4.69) is 19.9 Å². The molecular formula is C23H24F3N5O2. The molecule has 3 aromatic heterocycles. The number of nitrogens with one attached hydrogen (secondary N) is 1. The van der Waals surface area contributed by atoms with Gasteiger partial charge in [0.25, 0.3) is 0 Å². The summed E-state index contributed by atoms with van der Waals surface area (Å²) >= 11 is 0. The number of pyridine rings is 1. The Morgan fingerprint density at radius 2 is 2.09 bits per heavy atom. The number of halogens is 3. The third-order valence-corrected chi connectivity index (χ3v) is 6.43. The van der Waals surface area contributed by atoms with Gasteiger partial charge in [0.2, 0.25) is 0 Å². The standard InChI is InChI=1S/C23H24F3N5O2/c24-14-4-5-31(12-14)23(32)33-16-3-1-2-13(6-16)7-20-19(26)11-29-22(30-20)18-10-28-21-17(18)8-15(25)9-27-21/h8-11,13-14,16H,1-7,12H2,(H,27,28)/t13-,14+,16+/m0/s1. The SMILES string of the molecule is O=C(O[C@@H]1CCC[C@H](Cc2nc(-c3c[nH]c4ncc(F)cc34)ncc2F)C1)N1CC[C@@H](F)C1. The summed E-state index contributed by atoms with van der Waals surface area (Å²) in [5.74, 6) is -0.612. The number of nitrogens with zero attached hydrogens (tertiary/aromatic N) is 4. The highest BCUT2D eigenvalue weighted by molar-refractivity contribution is 5.91. The number of alkyl halides is 1. The fourth-order valence-electron chi connectivity index (χ4n) is 4.75. The van der Waals surface area contributed by atoms with Crippen molar-refractivity contribution in [2.45, 2.75) is 50.8 Å². The van der Waals surface area contributed by atoms with Crippen LogP contribution in [-0.4, -0.2) is 56.3 Å². The lowest BCUT2D eigenvalue weighted by atomic mass is 9.84. The van der Waals surface area contributed by atoms with Gasteiger partial charge in [0.15, 0.2) is 11.6 Å². The summed E-state index contributed by atoms with van der Waals surface area (Å²) < 4.78 is 47.2. The van der Waals surface area contributed by atoms with E-state index < -0.39 is 23.9 Å². The molecule has 1 saturated heterocycles. The molecule has 3 aromatic rings. The molecule has 0 bridgehead atoms. The molecule has 1 aliphatic heterocycles. The number of carbonyl (C=O) groups is 1. The molecule has 1 aliphatic carbocycles. The van der Waals surface area contributed by atoms with E-state index in [-0.39, 0.29) is 24.3 Å². The van der Waals surface area contributed by atoms with E-state index in [9.17, 15) is 18.0 Å². The Morgan fingerprint density at radius 3 is 2.91 bits per heavy atom. The maximum absolute atomic E-state index is 14.6. The number of carbonyl (C=O) groups excluding carboxylic acids is 1. The number of amides is 1. The van der Waals surface area contributed by atoms with Crippen LogP contribution in [0.3, 0.4) is 0 Å². The van der Waals surface area contributed by atoms with Crippen molar-refractivity contribution in [2.75, 3.05) is 13.1 Å². The van der Waals surface area contributed by atoms with Crippen LogP contribution in [0.2, 0.25) is 0 Å². The van der Waals surface area contributed by atoms with Crippen molar-refractivity contribution >= 4 is 17.1 Å². The van der Waals surface area contributed by atoms with Crippen LogP contribution in [0, 0.1) is 17.6 Å². The highest BCUT2D eigenvalue weighted by Gasteiger charge is 2.31. The zero-order chi connectivity index (χ0) is 22.9. The van der Waals surface area contributed by atoms with Crippen LogP contribution >= 0.6 is 0 Å². The third kappa shape index (κ3) is 4.65. The summed E-state index contributed by atoms with van der Waals surface area (Å²) in [5.41, 5.74) is 1.32. The molecule has 0 unspecified atom stereocenters. The lowest BCUT2D eigenvalue weighted by Crippen LogP contribution is -2.35. The maximum Gasteiger partial charge on any atom is 0.410 e. The minimum Gasteiger partial charge on any atom is -0.446 e. The van der Waals surface area contributed by atoms with Crippen molar-refractivity contribution in [3.05, 3.63) is 42.0 Å². The first-order valence-electron chi connectivity index (χ1n) is 11.2. The monoisotopic (exact) mass is 459 g/mol. The number of ether oxygens (including phenoxy) is 1. The van der Waals surface area contributed by atoms with Gasteiger partial charge in [-0.15, -0.1) is 0 Å².